The van der Waals surface area contributed by atoms with Gasteiger partial charge < -0.3 is 36.8 Å². The summed E-state index contributed by atoms with van der Waals surface area (Å²) in [5, 5.41) is 34.9. The lowest BCUT2D eigenvalue weighted by atomic mass is 9.94. The van der Waals surface area contributed by atoms with Crippen molar-refractivity contribution in [3.05, 3.63) is 12.2 Å². The number of nitrogens with one attached hydrogen (secondary N) is 1. The number of rotatable bonds is 39. The molecule has 1 rings (SSSR count). The number of carbonyl (C=O) groups is 4. The van der Waals surface area contributed by atoms with Crippen LogP contribution in [0.1, 0.15) is 227 Å². The Morgan fingerprint density at radius 2 is 1.08 bits per heavy atom. The summed E-state index contributed by atoms with van der Waals surface area (Å²) in [5.74, 6) is -5.09. The van der Waals surface area contributed by atoms with Crippen molar-refractivity contribution >= 4 is 23.6 Å². The first-order chi connectivity index (χ1) is 30.4. The number of aliphatic hydroxyl groups is 3. The zero-order chi connectivity index (χ0) is 46.7. The highest BCUT2D eigenvalue weighted by molar-refractivity contribution is 6.00. The molecule has 1 saturated heterocycles. The van der Waals surface area contributed by atoms with Crippen molar-refractivity contribution in [3.8, 4) is 0 Å². The molecular weight excluding hydrogens is 799 g/mol. The number of carbonyl (C=O) groups excluding carboxylic acids is 4. The third-order valence-electron chi connectivity index (χ3n) is 12.4. The maximum absolute atomic E-state index is 14.5. The number of hydrogen-bond acceptors (Lipinski definition) is 10. The summed E-state index contributed by atoms with van der Waals surface area (Å²) in [5.41, 5.74) is 11.8. The summed E-state index contributed by atoms with van der Waals surface area (Å²) in [6.07, 6.45) is 32.7. The maximum atomic E-state index is 14.5. The molecule has 6 atom stereocenters. The van der Waals surface area contributed by atoms with Crippen molar-refractivity contribution in [1.29, 1.82) is 0 Å². The summed E-state index contributed by atoms with van der Waals surface area (Å²) < 4.78 is 6.34. The summed E-state index contributed by atoms with van der Waals surface area (Å²) in [6, 6.07) is -2.18. The fraction of sp³-hybridized carbons (Fsp3) is 0.880. The van der Waals surface area contributed by atoms with Gasteiger partial charge in [0.25, 0.3) is 5.91 Å². The first kappa shape index (κ1) is 58.6. The molecule has 63 heavy (non-hydrogen) atoms. The summed E-state index contributed by atoms with van der Waals surface area (Å²) in [4.78, 5) is 57.1. The molecule has 13 nitrogen and oxygen atoms in total. The Morgan fingerprint density at radius 3 is 1.51 bits per heavy atom. The highest BCUT2D eigenvalue weighted by atomic mass is 16.6. The first-order valence-corrected chi connectivity index (χ1v) is 25.6. The molecule has 0 aliphatic carbocycles. The lowest BCUT2D eigenvalue weighted by Crippen LogP contribution is -2.75. The van der Waals surface area contributed by atoms with Crippen LogP contribution in [-0.4, -0.2) is 105 Å². The normalized spacial score (nSPS) is 19.9. The molecule has 1 aliphatic heterocycles. The van der Waals surface area contributed by atoms with Crippen LogP contribution in [0.5, 0.6) is 0 Å². The standard InChI is InChI=1S/C50H95N5O8/c1-5-7-9-11-13-15-17-19-21-23-25-27-29-31-33-35-37-54(45(58)36-34-32-30-28-26-24-22-20-18-16-14-12-10-8-6-2)50(38-43(57)47(60)44(40-56)63-50)55(49(62)42(4)52)46(59)39-53-48(61)41(3)51/h20,22,41-44,47,56-57,60H,5-19,21,23-40,51-52H2,1-4H3,(H,53,61)/b22-20-/t41-,42-,43+,44+,47-,50+/m0/s1. The Labute approximate surface area is 383 Å². The van der Waals surface area contributed by atoms with E-state index in [1.54, 1.807) is 0 Å². The molecule has 0 aromatic carbocycles. The quantitative estimate of drug-likeness (QED) is 0.0197. The molecule has 4 amide bonds. The Kier molecular flexibility index (Phi) is 34.2. The van der Waals surface area contributed by atoms with Crippen LogP contribution in [0.15, 0.2) is 12.2 Å². The van der Waals surface area contributed by atoms with Crippen molar-refractivity contribution in [3.63, 3.8) is 0 Å². The Hall–Kier alpha value is -2.42. The molecule has 1 fully saturated rings. The second-order valence-corrected chi connectivity index (χ2v) is 18.4. The topological polar surface area (TPSA) is 209 Å². The van der Waals surface area contributed by atoms with Crippen LogP contribution in [0, 0.1) is 0 Å². The molecule has 13 heteroatoms. The number of ether oxygens (including phenoxy) is 1. The van der Waals surface area contributed by atoms with E-state index >= 15 is 0 Å². The minimum absolute atomic E-state index is 0.0888. The molecule has 8 N–H and O–H groups in total. The number of hydrogen-bond donors (Lipinski definition) is 6. The van der Waals surface area contributed by atoms with Gasteiger partial charge in [-0.2, -0.15) is 0 Å². The van der Waals surface area contributed by atoms with Crippen molar-refractivity contribution < 1.29 is 39.2 Å². The average Bonchev–Trinajstić information content (AvgIpc) is 3.26. The van der Waals surface area contributed by atoms with Gasteiger partial charge in [-0.25, -0.2) is 4.90 Å². The fourth-order valence-electron chi connectivity index (χ4n) is 8.48. The van der Waals surface area contributed by atoms with Gasteiger partial charge in [-0.3, -0.25) is 24.1 Å². The van der Waals surface area contributed by atoms with Crippen LogP contribution in [0.25, 0.3) is 0 Å². The number of nitrogens with zero attached hydrogens (tertiary/aromatic N) is 2. The van der Waals surface area contributed by atoms with E-state index in [2.05, 4.69) is 31.3 Å². The predicted octanol–water partition coefficient (Wildman–Crippen LogP) is 8.44. The number of aliphatic hydroxyl groups excluding tert-OH is 3. The second-order valence-electron chi connectivity index (χ2n) is 18.4. The Bertz CT molecular complexity index is 1240. The first-order valence-electron chi connectivity index (χ1n) is 25.6. The van der Waals surface area contributed by atoms with Gasteiger partial charge in [-0.05, 0) is 52.4 Å². The van der Waals surface area contributed by atoms with Crippen LogP contribution < -0.4 is 16.8 Å². The lowest BCUT2D eigenvalue weighted by Gasteiger charge is -2.54. The Morgan fingerprint density at radius 1 is 0.651 bits per heavy atom. The van der Waals surface area contributed by atoms with E-state index in [4.69, 9.17) is 16.2 Å². The molecule has 0 aromatic rings. The molecule has 0 radical (unpaired) electrons. The number of nitrogens with two attached hydrogens (primary N) is 2. The lowest BCUT2D eigenvalue weighted by molar-refractivity contribution is -0.312. The highest BCUT2D eigenvalue weighted by Gasteiger charge is 2.58. The van der Waals surface area contributed by atoms with Gasteiger partial charge >= 0.3 is 0 Å². The monoisotopic (exact) mass is 894 g/mol. The predicted molar refractivity (Wildman–Crippen MR) is 254 cm³/mol. The highest BCUT2D eigenvalue weighted by Crippen LogP contribution is 2.38. The largest absolute Gasteiger partial charge is 0.394 e. The van der Waals surface area contributed by atoms with Crippen LogP contribution in [-0.2, 0) is 23.9 Å². The van der Waals surface area contributed by atoms with Gasteiger partial charge in [0.2, 0.25) is 23.6 Å². The van der Waals surface area contributed by atoms with Crippen molar-refractivity contribution in [1.82, 2.24) is 15.1 Å². The zero-order valence-electron chi connectivity index (χ0n) is 40.5. The number of amides is 4. The van der Waals surface area contributed by atoms with Crippen LogP contribution in [0.2, 0.25) is 0 Å². The number of imide groups is 1. The smallest absolute Gasteiger partial charge is 0.252 e. The molecule has 0 unspecified atom stereocenters. The molecule has 368 valence electrons. The van der Waals surface area contributed by atoms with Gasteiger partial charge in [0.15, 0.2) is 0 Å². The SMILES string of the molecule is CCCCCCCC/C=C\CCCCCCCC(=O)N(CCCCCCCCCCCCCCCCCC)[C@@]1(N(C(=O)CNC(=O)[C@H](C)N)C(=O)[C@H](C)N)C[C@@H](O)[C@H](O)[C@@H](CO)O1. The molecule has 0 spiro atoms. The molecule has 1 aliphatic rings. The Balaban J connectivity index is 3.06. The van der Waals surface area contributed by atoms with E-state index in [0.717, 1.165) is 69.1 Å². The summed E-state index contributed by atoms with van der Waals surface area (Å²) >= 11 is 0. The van der Waals surface area contributed by atoms with E-state index in [9.17, 15) is 34.5 Å². The third kappa shape index (κ3) is 24.6. The van der Waals surface area contributed by atoms with Crippen LogP contribution in [0.4, 0.5) is 0 Å². The minimum atomic E-state index is -2.23. The molecular formula is C50H95N5O8. The minimum Gasteiger partial charge on any atom is -0.394 e. The van der Waals surface area contributed by atoms with Crippen LogP contribution >= 0.6 is 0 Å². The van der Waals surface area contributed by atoms with E-state index in [-0.39, 0.29) is 18.9 Å². The molecule has 0 aromatic heterocycles. The summed E-state index contributed by atoms with van der Waals surface area (Å²) in [7, 11) is 0. The van der Waals surface area contributed by atoms with Crippen molar-refractivity contribution in [2.75, 3.05) is 19.7 Å². The van der Waals surface area contributed by atoms with Gasteiger partial charge in [-0.1, -0.05) is 174 Å². The van der Waals surface area contributed by atoms with E-state index < -0.39 is 73.5 Å². The average molecular weight is 894 g/mol. The molecule has 0 bridgehead atoms. The van der Waals surface area contributed by atoms with Crippen molar-refractivity contribution in [2.24, 2.45) is 11.5 Å². The van der Waals surface area contributed by atoms with Gasteiger partial charge in [0.05, 0.1) is 31.3 Å². The summed E-state index contributed by atoms with van der Waals surface area (Å²) in [6.45, 7) is 5.99. The molecule has 0 saturated carbocycles. The number of unbranched alkanes of at least 4 members (excludes halogenated alkanes) is 26. The number of allylic oxidation sites excluding steroid dienone is 2. The van der Waals surface area contributed by atoms with E-state index in [0.29, 0.717) is 12.8 Å². The maximum Gasteiger partial charge on any atom is 0.252 e. The van der Waals surface area contributed by atoms with E-state index in [1.165, 1.54) is 128 Å². The second kappa shape index (κ2) is 36.8. The van der Waals surface area contributed by atoms with Crippen LogP contribution in [0.3, 0.4) is 0 Å². The van der Waals surface area contributed by atoms with Gasteiger partial charge in [0, 0.05) is 19.4 Å². The third-order valence-corrected chi connectivity index (χ3v) is 12.4. The zero-order valence-corrected chi connectivity index (χ0v) is 40.5. The van der Waals surface area contributed by atoms with Crippen molar-refractivity contribution in [2.45, 2.75) is 263 Å². The van der Waals surface area contributed by atoms with Gasteiger partial charge in [0.1, 0.15) is 12.2 Å². The van der Waals surface area contributed by atoms with E-state index in [1.807, 2.05) is 0 Å². The van der Waals surface area contributed by atoms with Gasteiger partial charge in [-0.15, -0.1) is 0 Å². The fourth-order valence-corrected chi connectivity index (χ4v) is 8.48. The molecule has 1 heterocycles.